The van der Waals surface area contributed by atoms with E-state index in [4.69, 9.17) is 14.5 Å². The highest BCUT2D eigenvalue weighted by Crippen LogP contribution is 2.47. The predicted molar refractivity (Wildman–Crippen MR) is 112 cm³/mol. The van der Waals surface area contributed by atoms with Crippen LogP contribution < -0.4 is 10.6 Å². The number of rotatable bonds is 16. The van der Waals surface area contributed by atoms with Crippen LogP contribution in [-0.2, 0) is 23.4 Å². The summed E-state index contributed by atoms with van der Waals surface area (Å²) in [6, 6.07) is 0. The van der Waals surface area contributed by atoms with Gasteiger partial charge in [-0.15, -0.1) is 0 Å². The average Bonchev–Trinajstić information content (AvgIpc) is 2.62. The molecule has 2 amide bonds. The lowest BCUT2D eigenvalue weighted by molar-refractivity contribution is -0.118. The van der Waals surface area contributed by atoms with Gasteiger partial charge in [-0.05, 0) is 26.7 Å². The first kappa shape index (κ1) is 28.8. The number of hydrogen-bond donors (Lipinski definition) is 6. The van der Waals surface area contributed by atoms with Gasteiger partial charge >= 0.3 is 7.82 Å². The summed E-state index contributed by atoms with van der Waals surface area (Å²) < 4.78 is 20.9. The third-order valence-electron chi connectivity index (χ3n) is 3.72. The van der Waals surface area contributed by atoms with E-state index >= 15 is 0 Å². The van der Waals surface area contributed by atoms with Crippen molar-refractivity contribution in [3.63, 3.8) is 0 Å². The second-order valence-electron chi connectivity index (χ2n) is 6.69. The summed E-state index contributed by atoms with van der Waals surface area (Å²) in [7, 11) is -7.44. The molecule has 174 valence electrons. The highest BCUT2D eigenvalue weighted by Gasteiger charge is 2.27. The Balaban J connectivity index is 4.39. The predicted octanol–water partition coefficient (Wildman–Crippen LogP) is 1.05. The van der Waals surface area contributed by atoms with Crippen LogP contribution in [0, 0.1) is 0 Å². The van der Waals surface area contributed by atoms with Gasteiger partial charge in [0.25, 0.3) is 0 Å². The number of unbranched alkanes of at least 4 members (excludes halogenated alkanes) is 2. The van der Waals surface area contributed by atoms with E-state index in [0.717, 1.165) is 0 Å². The second-order valence-corrected chi connectivity index (χ2v) is 9.10. The van der Waals surface area contributed by atoms with E-state index in [1.807, 2.05) is 0 Å². The molecule has 30 heavy (non-hydrogen) atoms. The van der Waals surface area contributed by atoms with Crippen LogP contribution in [0.15, 0.2) is 24.3 Å². The number of ether oxygens (including phenoxy) is 1. The molecule has 0 radical (unpaired) electrons. The first-order valence-electron chi connectivity index (χ1n) is 9.23. The summed E-state index contributed by atoms with van der Waals surface area (Å²) in [5.41, 5.74) is 0.694. The van der Waals surface area contributed by atoms with E-state index in [1.54, 1.807) is 13.8 Å². The smallest absolute Gasteiger partial charge is 0.375 e. The SMILES string of the molecule is C=C(C)C(=O)NCC(CNC(=O)C(=C)C)OCCCCCC(OP(=O)(O)O)P(O)O. The monoisotopic (exact) mass is 470 g/mol. The van der Waals surface area contributed by atoms with Gasteiger partial charge in [0.05, 0.1) is 6.10 Å². The number of carbonyl (C=O) groups excluding carboxylic acids is 2. The van der Waals surface area contributed by atoms with Crippen molar-refractivity contribution in [1.82, 2.24) is 10.6 Å². The van der Waals surface area contributed by atoms with Crippen molar-refractivity contribution in [2.75, 3.05) is 19.7 Å². The van der Waals surface area contributed by atoms with Crippen LogP contribution in [-0.4, -0.2) is 63.0 Å². The molecule has 11 nitrogen and oxygen atoms in total. The molecule has 1 atom stereocenters. The van der Waals surface area contributed by atoms with Gasteiger partial charge in [-0.25, -0.2) is 4.57 Å². The molecule has 0 aliphatic rings. The maximum atomic E-state index is 11.7. The molecule has 0 aromatic heterocycles. The molecular formula is C17H32N2O9P2. The Kier molecular flexibility index (Phi) is 14.2. The second kappa shape index (κ2) is 14.8. The first-order chi connectivity index (χ1) is 13.8. The lowest BCUT2D eigenvalue weighted by Gasteiger charge is -2.20. The van der Waals surface area contributed by atoms with Crippen LogP contribution in [0.2, 0.25) is 0 Å². The van der Waals surface area contributed by atoms with Crippen LogP contribution in [0.25, 0.3) is 0 Å². The molecule has 0 bridgehead atoms. The van der Waals surface area contributed by atoms with E-state index in [-0.39, 0.29) is 31.3 Å². The summed E-state index contributed by atoms with van der Waals surface area (Å²) in [5, 5.41) is 5.31. The zero-order valence-corrected chi connectivity index (χ0v) is 19.0. The lowest BCUT2D eigenvalue weighted by atomic mass is 10.2. The van der Waals surface area contributed by atoms with Crippen LogP contribution in [0.1, 0.15) is 39.5 Å². The third kappa shape index (κ3) is 14.8. The van der Waals surface area contributed by atoms with Crippen molar-refractivity contribution in [3.8, 4) is 0 Å². The number of carbonyl (C=O) groups is 2. The molecule has 0 rings (SSSR count). The van der Waals surface area contributed by atoms with Gasteiger partial charge in [0.2, 0.25) is 11.8 Å². The molecule has 13 heteroatoms. The largest absolute Gasteiger partial charge is 0.470 e. The fourth-order valence-corrected chi connectivity index (χ4v) is 3.66. The van der Waals surface area contributed by atoms with E-state index < -0.39 is 28.1 Å². The Morgan fingerprint density at radius 2 is 1.50 bits per heavy atom. The van der Waals surface area contributed by atoms with E-state index in [0.29, 0.717) is 37.0 Å². The number of amides is 2. The van der Waals surface area contributed by atoms with E-state index in [9.17, 15) is 23.9 Å². The molecule has 0 spiro atoms. The van der Waals surface area contributed by atoms with Gasteiger partial charge in [-0.2, -0.15) is 0 Å². The summed E-state index contributed by atoms with van der Waals surface area (Å²) in [6.07, 6.45) is 1.16. The number of nitrogens with one attached hydrogen (secondary N) is 2. The van der Waals surface area contributed by atoms with Crippen molar-refractivity contribution in [3.05, 3.63) is 24.3 Å². The van der Waals surface area contributed by atoms with E-state index in [1.165, 1.54) is 0 Å². The minimum atomic E-state index is -4.81. The van der Waals surface area contributed by atoms with Gasteiger partial charge in [0.1, 0.15) is 5.85 Å². The Morgan fingerprint density at radius 3 is 1.90 bits per heavy atom. The van der Waals surface area contributed by atoms with Gasteiger partial charge in [0.15, 0.2) is 8.38 Å². The maximum Gasteiger partial charge on any atom is 0.470 e. The van der Waals surface area contributed by atoms with Crippen molar-refractivity contribution < 1.29 is 43.0 Å². The maximum absolute atomic E-state index is 11.7. The van der Waals surface area contributed by atoms with Crippen LogP contribution >= 0.6 is 16.2 Å². The summed E-state index contributed by atoms with van der Waals surface area (Å²) in [6.45, 7) is 10.9. The third-order valence-corrected chi connectivity index (χ3v) is 5.30. The number of hydrogen-bond acceptors (Lipinski definition) is 7. The standard InChI is InChI=1S/C17H32N2O9P2/c1-12(2)16(20)18-10-14(11-19-17(21)13(3)4)27-9-7-5-6-8-15(29(22)23)28-30(24,25)26/h14-15,22-23H,1,3,5-11H2,2,4H3,(H,18,20)(H,19,21)(H2,24,25,26). The molecule has 0 aromatic carbocycles. The van der Waals surface area contributed by atoms with Gasteiger partial charge in [0, 0.05) is 30.8 Å². The van der Waals surface area contributed by atoms with Crippen molar-refractivity contribution >= 4 is 28.0 Å². The van der Waals surface area contributed by atoms with Gasteiger partial charge in [-0.3, -0.25) is 14.1 Å². The Labute approximate surface area is 177 Å². The fourth-order valence-electron chi connectivity index (χ4n) is 2.12. The van der Waals surface area contributed by atoms with Gasteiger partial charge < -0.3 is 34.9 Å². The molecule has 6 N–H and O–H groups in total. The van der Waals surface area contributed by atoms with Gasteiger partial charge in [-0.1, -0.05) is 26.0 Å². The summed E-state index contributed by atoms with van der Waals surface area (Å²) in [5.74, 6) is -1.98. The molecule has 0 heterocycles. The highest BCUT2D eigenvalue weighted by atomic mass is 31.2. The van der Waals surface area contributed by atoms with Crippen molar-refractivity contribution in [2.45, 2.75) is 51.5 Å². The molecule has 0 saturated carbocycles. The zero-order valence-electron chi connectivity index (χ0n) is 17.2. The zero-order chi connectivity index (χ0) is 23.3. The van der Waals surface area contributed by atoms with Crippen molar-refractivity contribution in [1.29, 1.82) is 0 Å². The molecule has 1 unspecified atom stereocenters. The summed E-state index contributed by atoms with van der Waals surface area (Å²) >= 11 is 0. The molecule has 0 aliphatic carbocycles. The highest BCUT2D eigenvalue weighted by molar-refractivity contribution is 7.49. The normalized spacial score (nSPS) is 12.7. The average molecular weight is 470 g/mol. The molecule has 0 aromatic rings. The van der Waals surface area contributed by atoms with Crippen molar-refractivity contribution in [2.24, 2.45) is 0 Å². The fraction of sp³-hybridized carbons (Fsp3) is 0.647. The quantitative estimate of drug-likeness (QED) is 0.109. The van der Waals surface area contributed by atoms with E-state index in [2.05, 4.69) is 28.3 Å². The Hall–Kier alpha value is -1.16. The lowest BCUT2D eigenvalue weighted by Crippen LogP contribution is -2.42. The number of phosphoric ester groups is 1. The minimum absolute atomic E-state index is 0.0661. The molecule has 0 fully saturated rings. The first-order valence-corrected chi connectivity index (χ1v) is 12.1. The Bertz CT molecular complexity index is 607. The molecular weight excluding hydrogens is 438 g/mol. The minimum Gasteiger partial charge on any atom is -0.375 e. The Morgan fingerprint density at radius 1 is 1.00 bits per heavy atom. The number of phosphoric acid groups is 1. The topological polar surface area (TPSA) is 175 Å². The molecule has 0 saturated heterocycles. The van der Waals surface area contributed by atoms with Crippen LogP contribution in [0.3, 0.4) is 0 Å². The van der Waals surface area contributed by atoms with Crippen LogP contribution in [0.5, 0.6) is 0 Å². The summed E-state index contributed by atoms with van der Waals surface area (Å²) in [4.78, 5) is 59.2. The molecule has 0 aliphatic heterocycles. The van der Waals surface area contributed by atoms with Crippen LogP contribution in [0.4, 0.5) is 0 Å².